The maximum atomic E-state index is 12.6. The van der Waals surface area contributed by atoms with Crippen molar-refractivity contribution in [2.75, 3.05) is 13.6 Å². The molecule has 2 rings (SSSR count). The second kappa shape index (κ2) is 5.38. The van der Waals surface area contributed by atoms with Gasteiger partial charge in [-0.3, -0.25) is 5.10 Å². The number of H-pyrrole nitrogens is 1. The Labute approximate surface area is 108 Å². The lowest BCUT2D eigenvalue weighted by atomic mass is 10.2. The van der Waals surface area contributed by atoms with Crippen LogP contribution in [-0.4, -0.2) is 42.6 Å². The van der Waals surface area contributed by atoms with Gasteiger partial charge in [0.15, 0.2) is 5.03 Å². The molecular formula is C11H20N4O2S. The third-order valence-electron chi connectivity index (χ3n) is 3.41. The largest absolute Gasteiger partial charge is 0.316 e. The monoisotopic (exact) mass is 272 g/mol. The first kappa shape index (κ1) is 13.5. The molecule has 7 heteroatoms. The van der Waals surface area contributed by atoms with E-state index >= 15 is 0 Å². The van der Waals surface area contributed by atoms with Crippen LogP contribution >= 0.6 is 0 Å². The van der Waals surface area contributed by atoms with E-state index in [0.29, 0.717) is 18.7 Å². The van der Waals surface area contributed by atoms with Gasteiger partial charge in [-0.15, -0.1) is 0 Å². The maximum Gasteiger partial charge on any atom is 0.260 e. The number of sulfonamides is 1. The van der Waals surface area contributed by atoms with Gasteiger partial charge in [0, 0.05) is 24.7 Å². The Kier molecular flexibility index (Phi) is 4.04. The van der Waals surface area contributed by atoms with Crippen LogP contribution in [0.3, 0.4) is 0 Å². The molecule has 0 saturated carbocycles. The van der Waals surface area contributed by atoms with Crippen molar-refractivity contribution in [2.24, 2.45) is 0 Å². The molecule has 0 radical (unpaired) electrons. The van der Waals surface area contributed by atoms with Gasteiger partial charge in [-0.05, 0) is 26.3 Å². The minimum atomic E-state index is -3.43. The summed E-state index contributed by atoms with van der Waals surface area (Å²) in [6, 6.07) is 0.126. The van der Waals surface area contributed by atoms with Crippen molar-refractivity contribution in [3.63, 3.8) is 0 Å². The average molecular weight is 272 g/mol. The molecule has 1 aromatic rings. The lowest BCUT2D eigenvalue weighted by Gasteiger charge is -2.22. The standard InChI is InChI=1S/C11H20N4O2S/c1-3-10-5-4-6-15(10)18(16,17)11-9(7-12-2)8-13-14-11/h8,10,12H,3-7H2,1-2H3,(H,13,14). The zero-order valence-corrected chi connectivity index (χ0v) is 11.6. The molecule has 1 aliphatic rings. The molecule has 102 valence electrons. The van der Waals surface area contributed by atoms with Crippen LogP contribution < -0.4 is 5.32 Å². The second-order valence-corrected chi connectivity index (χ2v) is 6.40. The number of hydrogen-bond acceptors (Lipinski definition) is 4. The van der Waals surface area contributed by atoms with Crippen molar-refractivity contribution in [3.8, 4) is 0 Å². The van der Waals surface area contributed by atoms with Gasteiger partial charge in [0.2, 0.25) is 0 Å². The second-order valence-electron chi connectivity index (χ2n) is 4.57. The van der Waals surface area contributed by atoms with Gasteiger partial charge in [-0.2, -0.15) is 9.40 Å². The van der Waals surface area contributed by atoms with Gasteiger partial charge in [-0.1, -0.05) is 6.92 Å². The molecule has 1 unspecified atom stereocenters. The summed E-state index contributed by atoms with van der Waals surface area (Å²) < 4.78 is 26.8. The Morgan fingerprint density at radius 1 is 1.61 bits per heavy atom. The number of rotatable bonds is 5. The van der Waals surface area contributed by atoms with Crippen molar-refractivity contribution in [1.82, 2.24) is 19.8 Å². The van der Waals surface area contributed by atoms with Gasteiger partial charge in [-0.25, -0.2) is 8.42 Å². The normalized spacial score (nSPS) is 21.6. The highest BCUT2D eigenvalue weighted by Gasteiger charge is 2.36. The lowest BCUT2D eigenvalue weighted by molar-refractivity contribution is 0.377. The maximum absolute atomic E-state index is 12.6. The van der Waals surface area contributed by atoms with Crippen molar-refractivity contribution < 1.29 is 8.42 Å². The van der Waals surface area contributed by atoms with E-state index in [4.69, 9.17) is 0 Å². The highest BCUT2D eigenvalue weighted by atomic mass is 32.2. The molecule has 1 aliphatic heterocycles. The first-order valence-corrected chi connectivity index (χ1v) is 7.74. The van der Waals surface area contributed by atoms with E-state index in [-0.39, 0.29) is 11.1 Å². The van der Waals surface area contributed by atoms with Crippen LogP contribution in [0.1, 0.15) is 31.7 Å². The van der Waals surface area contributed by atoms with Crippen LogP contribution in [0.4, 0.5) is 0 Å². The van der Waals surface area contributed by atoms with E-state index in [1.165, 1.54) is 0 Å². The molecule has 0 aliphatic carbocycles. The third kappa shape index (κ3) is 2.30. The van der Waals surface area contributed by atoms with Crippen LogP contribution in [0.2, 0.25) is 0 Å². The molecule has 1 aromatic heterocycles. The summed E-state index contributed by atoms with van der Waals surface area (Å²) >= 11 is 0. The summed E-state index contributed by atoms with van der Waals surface area (Å²) in [6.45, 7) is 3.13. The zero-order chi connectivity index (χ0) is 13.2. The molecule has 1 saturated heterocycles. The Morgan fingerprint density at radius 3 is 3.06 bits per heavy atom. The summed E-state index contributed by atoms with van der Waals surface area (Å²) in [7, 11) is -1.65. The zero-order valence-electron chi connectivity index (χ0n) is 10.8. The van der Waals surface area contributed by atoms with Crippen LogP contribution in [0.25, 0.3) is 0 Å². The Hall–Kier alpha value is -0.920. The lowest BCUT2D eigenvalue weighted by Crippen LogP contribution is -2.36. The number of aromatic nitrogens is 2. The highest BCUT2D eigenvalue weighted by molar-refractivity contribution is 7.89. The van der Waals surface area contributed by atoms with Crippen LogP contribution in [-0.2, 0) is 16.6 Å². The number of nitrogens with one attached hydrogen (secondary N) is 2. The van der Waals surface area contributed by atoms with Crippen molar-refractivity contribution in [2.45, 2.75) is 43.8 Å². The van der Waals surface area contributed by atoms with E-state index in [0.717, 1.165) is 19.3 Å². The first-order valence-electron chi connectivity index (χ1n) is 6.30. The molecule has 0 aromatic carbocycles. The minimum Gasteiger partial charge on any atom is -0.316 e. The average Bonchev–Trinajstić information content (AvgIpc) is 2.97. The van der Waals surface area contributed by atoms with Crippen molar-refractivity contribution in [3.05, 3.63) is 11.8 Å². The number of nitrogens with zero attached hydrogens (tertiary/aromatic N) is 2. The first-order chi connectivity index (χ1) is 8.61. The molecule has 2 N–H and O–H groups in total. The highest BCUT2D eigenvalue weighted by Crippen LogP contribution is 2.28. The summed E-state index contributed by atoms with van der Waals surface area (Å²) in [4.78, 5) is 0. The fourth-order valence-electron chi connectivity index (χ4n) is 2.49. The molecule has 2 heterocycles. The Balaban J connectivity index is 2.32. The third-order valence-corrected chi connectivity index (χ3v) is 5.37. The van der Waals surface area contributed by atoms with Crippen molar-refractivity contribution >= 4 is 10.0 Å². The summed E-state index contributed by atoms with van der Waals surface area (Å²) in [6.07, 6.45) is 4.31. The van der Waals surface area contributed by atoms with Crippen molar-refractivity contribution in [1.29, 1.82) is 0 Å². The molecule has 6 nitrogen and oxygen atoms in total. The van der Waals surface area contributed by atoms with Gasteiger partial charge in [0.25, 0.3) is 10.0 Å². The van der Waals surface area contributed by atoms with Crippen LogP contribution in [0.15, 0.2) is 11.2 Å². The topological polar surface area (TPSA) is 78.1 Å². The number of aromatic amines is 1. The van der Waals surface area contributed by atoms with Gasteiger partial charge < -0.3 is 5.32 Å². The predicted molar refractivity (Wildman–Crippen MR) is 68.6 cm³/mol. The molecule has 0 bridgehead atoms. The molecule has 1 atom stereocenters. The fraction of sp³-hybridized carbons (Fsp3) is 0.727. The van der Waals surface area contributed by atoms with Gasteiger partial charge >= 0.3 is 0 Å². The number of hydrogen-bond donors (Lipinski definition) is 2. The molecule has 18 heavy (non-hydrogen) atoms. The van der Waals surface area contributed by atoms with E-state index in [1.807, 2.05) is 6.92 Å². The smallest absolute Gasteiger partial charge is 0.260 e. The molecule has 0 spiro atoms. The molecular weight excluding hydrogens is 252 g/mol. The van der Waals surface area contributed by atoms with Crippen LogP contribution in [0.5, 0.6) is 0 Å². The summed E-state index contributed by atoms with van der Waals surface area (Å²) in [5.74, 6) is 0. The van der Waals surface area contributed by atoms with E-state index in [2.05, 4.69) is 15.5 Å². The van der Waals surface area contributed by atoms with E-state index < -0.39 is 10.0 Å². The van der Waals surface area contributed by atoms with Gasteiger partial charge in [0.1, 0.15) is 0 Å². The van der Waals surface area contributed by atoms with Gasteiger partial charge in [0.05, 0.1) is 6.20 Å². The fourth-order valence-corrected chi connectivity index (χ4v) is 4.36. The van der Waals surface area contributed by atoms with E-state index in [9.17, 15) is 8.42 Å². The SMILES string of the molecule is CCC1CCCN1S(=O)(=O)c1[nH]ncc1CNC. The molecule has 1 fully saturated rings. The minimum absolute atomic E-state index is 0.126. The summed E-state index contributed by atoms with van der Waals surface area (Å²) in [5, 5.41) is 9.68. The summed E-state index contributed by atoms with van der Waals surface area (Å²) in [5.41, 5.74) is 0.694. The Bertz CT molecular complexity index is 497. The van der Waals surface area contributed by atoms with Crippen LogP contribution in [0, 0.1) is 0 Å². The van der Waals surface area contributed by atoms with E-state index in [1.54, 1.807) is 17.5 Å². The molecule has 0 amide bonds. The predicted octanol–water partition coefficient (Wildman–Crippen LogP) is 0.692. The Morgan fingerprint density at radius 2 is 2.39 bits per heavy atom. The quantitative estimate of drug-likeness (QED) is 0.827.